The molecule has 2 atom stereocenters. The van der Waals surface area contributed by atoms with Crippen LogP contribution in [0.5, 0.6) is 5.75 Å². The second kappa shape index (κ2) is 8.15. The molecule has 25 heavy (non-hydrogen) atoms. The molecule has 3 rings (SSSR count). The summed E-state index contributed by atoms with van der Waals surface area (Å²) in [5.74, 6) is 2.08. The summed E-state index contributed by atoms with van der Waals surface area (Å²) in [6.45, 7) is 4.04. The minimum absolute atomic E-state index is 0.184. The molecule has 134 valence electrons. The lowest BCUT2D eigenvalue weighted by atomic mass is 9.81. The first-order chi connectivity index (χ1) is 12.1. The topological polar surface area (TPSA) is 42.4 Å². The number of hydrogen-bond donors (Lipinski definition) is 0. The standard InChI is InChI=1S/C20H25ClN2O2/c1-3-14-13-23(21)11-9-15(14)4-7-20(24)17-8-10-22-19-6-5-16(25-2)12-18(17)19/h5-6,8,10,12,14-15H,3-4,7,9,11,13H2,1-2H3/t14-,15?/m0/s1. The van der Waals surface area contributed by atoms with Gasteiger partial charge in [-0.25, -0.2) is 4.42 Å². The quantitative estimate of drug-likeness (QED) is 0.552. The van der Waals surface area contributed by atoms with Gasteiger partial charge in [-0.3, -0.25) is 9.78 Å². The van der Waals surface area contributed by atoms with Crippen LogP contribution in [0.3, 0.4) is 0 Å². The lowest BCUT2D eigenvalue weighted by Crippen LogP contribution is -2.35. The first-order valence-electron chi connectivity index (χ1n) is 8.99. The van der Waals surface area contributed by atoms with E-state index in [2.05, 4.69) is 11.9 Å². The number of hydrogen-bond acceptors (Lipinski definition) is 4. The van der Waals surface area contributed by atoms with Crippen molar-refractivity contribution in [2.75, 3.05) is 20.2 Å². The predicted molar refractivity (Wildman–Crippen MR) is 101 cm³/mol. The maximum absolute atomic E-state index is 12.9. The third-order valence-corrected chi connectivity index (χ3v) is 5.66. The molecule has 0 amide bonds. The number of pyridine rings is 1. The monoisotopic (exact) mass is 360 g/mol. The molecule has 5 heteroatoms. The fraction of sp³-hybridized carbons (Fsp3) is 0.500. The van der Waals surface area contributed by atoms with E-state index < -0.39 is 0 Å². The highest BCUT2D eigenvalue weighted by atomic mass is 35.5. The van der Waals surface area contributed by atoms with Gasteiger partial charge in [-0.05, 0) is 60.7 Å². The first kappa shape index (κ1) is 18.2. The van der Waals surface area contributed by atoms with E-state index in [4.69, 9.17) is 16.5 Å². The van der Waals surface area contributed by atoms with Gasteiger partial charge in [-0.1, -0.05) is 13.3 Å². The molecule has 0 saturated carbocycles. The van der Waals surface area contributed by atoms with E-state index in [1.165, 1.54) is 0 Å². The van der Waals surface area contributed by atoms with Crippen LogP contribution in [0, 0.1) is 11.8 Å². The SMILES string of the molecule is CC[C@H]1CN(Cl)CCC1CCC(=O)c1ccnc2ccc(OC)cc12. The number of methoxy groups -OCH3 is 1. The summed E-state index contributed by atoms with van der Waals surface area (Å²) >= 11 is 6.16. The Labute approximate surface area is 154 Å². The van der Waals surface area contributed by atoms with Crippen molar-refractivity contribution < 1.29 is 9.53 Å². The van der Waals surface area contributed by atoms with Crippen LogP contribution in [-0.4, -0.2) is 35.4 Å². The van der Waals surface area contributed by atoms with Crippen molar-refractivity contribution in [2.45, 2.75) is 32.6 Å². The number of halogens is 1. The van der Waals surface area contributed by atoms with E-state index in [0.29, 0.717) is 18.3 Å². The van der Waals surface area contributed by atoms with Gasteiger partial charge in [-0.15, -0.1) is 0 Å². The number of carbonyl (C=O) groups is 1. The highest BCUT2D eigenvalue weighted by Crippen LogP contribution is 2.32. The molecule has 4 nitrogen and oxygen atoms in total. The maximum atomic E-state index is 12.9. The summed E-state index contributed by atoms with van der Waals surface area (Å²) < 4.78 is 7.18. The lowest BCUT2D eigenvalue weighted by Gasteiger charge is -2.34. The zero-order valence-corrected chi connectivity index (χ0v) is 15.6. The molecular weight excluding hydrogens is 336 g/mol. The van der Waals surface area contributed by atoms with Crippen LogP contribution in [0.4, 0.5) is 0 Å². The number of carbonyl (C=O) groups excluding carboxylic acids is 1. The first-order valence-corrected chi connectivity index (χ1v) is 9.32. The molecular formula is C20H25ClN2O2. The van der Waals surface area contributed by atoms with Gasteiger partial charge in [0.2, 0.25) is 0 Å². The average molecular weight is 361 g/mol. The van der Waals surface area contributed by atoms with Crippen LogP contribution in [0.1, 0.15) is 43.0 Å². The van der Waals surface area contributed by atoms with Gasteiger partial charge in [0.15, 0.2) is 5.78 Å². The minimum Gasteiger partial charge on any atom is -0.497 e. The van der Waals surface area contributed by atoms with Gasteiger partial charge in [0.25, 0.3) is 0 Å². The maximum Gasteiger partial charge on any atom is 0.163 e. The molecule has 1 aromatic heterocycles. The summed E-state index contributed by atoms with van der Waals surface area (Å²) in [4.78, 5) is 17.2. The van der Waals surface area contributed by atoms with Crippen molar-refractivity contribution in [3.05, 3.63) is 36.0 Å². The third kappa shape index (κ3) is 4.13. The number of benzene rings is 1. The van der Waals surface area contributed by atoms with Gasteiger partial charge in [0, 0.05) is 36.7 Å². The molecule has 0 bridgehead atoms. The zero-order valence-electron chi connectivity index (χ0n) is 14.9. The second-order valence-electron chi connectivity index (χ2n) is 6.79. The van der Waals surface area contributed by atoms with Crippen LogP contribution in [0.2, 0.25) is 0 Å². The Balaban J connectivity index is 1.74. The molecule has 2 heterocycles. The number of rotatable bonds is 6. The van der Waals surface area contributed by atoms with E-state index in [0.717, 1.165) is 54.6 Å². The molecule has 2 aromatic rings. The molecule has 0 N–H and O–H groups in total. The van der Waals surface area contributed by atoms with E-state index >= 15 is 0 Å². The fourth-order valence-corrected chi connectivity index (χ4v) is 4.10. The predicted octanol–water partition coefficient (Wildman–Crippen LogP) is 4.71. The van der Waals surface area contributed by atoms with Crippen LogP contribution in [0.25, 0.3) is 10.9 Å². The second-order valence-corrected chi connectivity index (χ2v) is 7.27. The highest BCUT2D eigenvalue weighted by molar-refractivity contribution is 6.13. The number of nitrogens with zero attached hydrogens (tertiary/aromatic N) is 2. The third-order valence-electron chi connectivity index (χ3n) is 5.36. The number of Topliss-reactive ketones (excluding diaryl/α,β-unsaturated/α-hetero) is 1. The summed E-state index contributed by atoms with van der Waals surface area (Å²) in [6, 6.07) is 7.49. The Morgan fingerprint density at radius 3 is 2.96 bits per heavy atom. The fourth-order valence-electron chi connectivity index (χ4n) is 3.83. The summed E-state index contributed by atoms with van der Waals surface area (Å²) in [5, 5.41) is 0.870. The number of ketones is 1. The van der Waals surface area contributed by atoms with E-state index in [-0.39, 0.29) is 5.78 Å². The van der Waals surface area contributed by atoms with E-state index in [1.54, 1.807) is 13.3 Å². The van der Waals surface area contributed by atoms with Crippen LogP contribution >= 0.6 is 11.8 Å². The van der Waals surface area contributed by atoms with Crippen LogP contribution in [-0.2, 0) is 0 Å². The molecule has 1 unspecified atom stereocenters. The van der Waals surface area contributed by atoms with Crippen molar-refractivity contribution in [3.63, 3.8) is 0 Å². The van der Waals surface area contributed by atoms with Gasteiger partial charge >= 0.3 is 0 Å². The van der Waals surface area contributed by atoms with Crippen molar-refractivity contribution in [3.8, 4) is 5.75 Å². The van der Waals surface area contributed by atoms with E-state index in [9.17, 15) is 4.79 Å². The highest BCUT2D eigenvalue weighted by Gasteiger charge is 2.27. The molecule has 0 radical (unpaired) electrons. The molecule has 1 fully saturated rings. The molecule has 0 spiro atoms. The number of fused-ring (bicyclic) bond motifs is 1. The van der Waals surface area contributed by atoms with Gasteiger partial charge < -0.3 is 4.74 Å². The van der Waals surface area contributed by atoms with Crippen LogP contribution < -0.4 is 4.74 Å². The van der Waals surface area contributed by atoms with Gasteiger partial charge in [-0.2, -0.15) is 0 Å². The average Bonchev–Trinajstić information content (AvgIpc) is 2.65. The Hall–Kier alpha value is -1.65. The number of ether oxygens (including phenoxy) is 1. The van der Waals surface area contributed by atoms with Crippen molar-refractivity contribution in [1.82, 2.24) is 9.40 Å². The summed E-state index contributed by atoms with van der Waals surface area (Å²) in [7, 11) is 1.63. The van der Waals surface area contributed by atoms with Crippen molar-refractivity contribution in [1.29, 1.82) is 0 Å². The van der Waals surface area contributed by atoms with Crippen molar-refractivity contribution in [2.24, 2.45) is 11.8 Å². The molecule has 1 aromatic carbocycles. The Kier molecular flexibility index (Phi) is 5.92. The number of piperidine rings is 1. The Bertz CT molecular complexity index is 750. The van der Waals surface area contributed by atoms with Gasteiger partial charge in [0.05, 0.1) is 12.6 Å². The lowest BCUT2D eigenvalue weighted by molar-refractivity contribution is 0.0954. The molecule has 1 aliphatic rings. The smallest absolute Gasteiger partial charge is 0.163 e. The zero-order chi connectivity index (χ0) is 17.8. The largest absolute Gasteiger partial charge is 0.497 e. The molecule has 0 aliphatic carbocycles. The minimum atomic E-state index is 0.184. The summed E-state index contributed by atoms with van der Waals surface area (Å²) in [6.07, 6.45) is 5.39. The van der Waals surface area contributed by atoms with Crippen molar-refractivity contribution >= 4 is 28.5 Å². The van der Waals surface area contributed by atoms with Crippen LogP contribution in [0.15, 0.2) is 30.5 Å². The number of aromatic nitrogens is 1. The van der Waals surface area contributed by atoms with E-state index in [1.807, 2.05) is 28.7 Å². The normalized spacial score (nSPS) is 21.4. The Morgan fingerprint density at radius 1 is 1.36 bits per heavy atom. The Morgan fingerprint density at radius 2 is 2.20 bits per heavy atom. The molecule has 1 saturated heterocycles. The van der Waals surface area contributed by atoms with Gasteiger partial charge in [0.1, 0.15) is 5.75 Å². The molecule has 1 aliphatic heterocycles. The summed E-state index contributed by atoms with van der Waals surface area (Å²) in [5.41, 5.74) is 1.57.